The number of hydrogen-bond donors (Lipinski definition) is 4. The second-order valence-electron chi connectivity index (χ2n) is 6.96. The van der Waals surface area contributed by atoms with Crippen LogP contribution in [0, 0.1) is 0 Å². The van der Waals surface area contributed by atoms with Gasteiger partial charge in [-0.3, -0.25) is 9.59 Å². The molecule has 0 heterocycles. The summed E-state index contributed by atoms with van der Waals surface area (Å²) in [5, 5.41) is 17.2. The van der Waals surface area contributed by atoms with Gasteiger partial charge in [-0.25, -0.2) is 0 Å². The van der Waals surface area contributed by atoms with Gasteiger partial charge in [-0.1, -0.05) is 43.9 Å². The van der Waals surface area contributed by atoms with Gasteiger partial charge in [-0.15, -0.1) is 0 Å². The molecule has 0 aliphatic heterocycles. The Morgan fingerprint density at radius 1 is 1.06 bits per heavy atom. The lowest BCUT2D eigenvalue weighted by molar-refractivity contribution is 0.0958. The summed E-state index contributed by atoms with van der Waals surface area (Å²) in [6.45, 7) is 9.30. The zero-order valence-corrected chi connectivity index (χ0v) is 18.6. The Balaban J connectivity index is 2.47. The standard InChI is InChI=1S/C26H29N3O3/c1-5-9-19(10-6-2)28-25(31)17-13-14-21-18(15-17)16-22(24(30)23(21)27)26(32)29-20(11-7-3)12-8-4/h5-7,9-16,30H,1,8,27H2,2-4H3,(H,28,31)(H,29,32)/b10-6-,11-7-,19-9+,20-12+. The Hall–Kier alpha value is -4.06. The van der Waals surface area contributed by atoms with E-state index in [2.05, 4.69) is 17.2 Å². The Morgan fingerprint density at radius 3 is 2.34 bits per heavy atom. The quantitative estimate of drug-likeness (QED) is 0.265. The molecule has 6 heteroatoms. The second kappa shape index (κ2) is 11.4. The molecule has 166 valence electrons. The van der Waals surface area contributed by atoms with Crippen LogP contribution in [0.3, 0.4) is 0 Å². The zero-order chi connectivity index (χ0) is 23.7. The molecular formula is C26H29N3O3. The molecule has 0 bridgehead atoms. The van der Waals surface area contributed by atoms with E-state index in [1.807, 2.05) is 32.9 Å². The van der Waals surface area contributed by atoms with E-state index in [4.69, 9.17) is 5.73 Å². The van der Waals surface area contributed by atoms with Crippen molar-refractivity contribution in [1.82, 2.24) is 10.6 Å². The van der Waals surface area contributed by atoms with Crippen LogP contribution in [0.1, 0.15) is 47.9 Å². The van der Waals surface area contributed by atoms with Crippen molar-refractivity contribution in [1.29, 1.82) is 0 Å². The third-order valence-corrected chi connectivity index (χ3v) is 4.59. The van der Waals surface area contributed by atoms with Crippen LogP contribution in [-0.4, -0.2) is 16.9 Å². The summed E-state index contributed by atoms with van der Waals surface area (Å²) in [6, 6.07) is 6.42. The maximum atomic E-state index is 12.8. The Bertz CT molecular complexity index is 1150. The van der Waals surface area contributed by atoms with Crippen molar-refractivity contribution in [3.63, 3.8) is 0 Å². The molecule has 0 fully saturated rings. The fraction of sp³-hybridized carbons (Fsp3) is 0.154. The topological polar surface area (TPSA) is 104 Å². The first-order valence-corrected chi connectivity index (χ1v) is 10.3. The normalized spacial score (nSPS) is 12.5. The monoisotopic (exact) mass is 431 g/mol. The summed E-state index contributed by atoms with van der Waals surface area (Å²) in [4.78, 5) is 25.5. The van der Waals surface area contributed by atoms with Gasteiger partial charge in [-0.05, 0) is 62.1 Å². The molecule has 0 radical (unpaired) electrons. The average Bonchev–Trinajstić information content (AvgIpc) is 2.76. The van der Waals surface area contributed by atoms with Crippen molar-refractivity contribution >= 4 is 28.3 Å². The number of fused-ring (bicyclic) bond motifs is 1. The highest BCUT2D eigenvalue weighted by Crippen LogP contribution is 2.34. The van der Waals surface area contributed by atoms with E-state index in [0.29, 0.717) is 27.7 Å². The maximum Gasteiger partial charge on any atom is 0.259 e. The van der Waals surface area contributed by atoms with Crippen LogP contribution < -0.4 is 16.4 Å². The molecule has 2 amide bonds. The van der Waals surface area contributed by atoms with E-state index < -0.39 is 5.91 Å². The minimum absolute atomic E-state index is 0.0280. The van der Waals surface area contributed by atoms with E-state index in [1.54, 1.807) is 48.6 Å². The first kappa shape index (κ1) is 24.2. The minimum Gasteiger partial charge on any atom is -0.505 e. The van der Waals surface area contributed by atoms with E-state index in [0.717, 1.165) is 6.42 Å². The first-order valence-electron chi connectivity index (χ1n) is 10.3. The van der Waals surface area contributed by atoms with E-state index >= 15 is 0 Å². The highest BCUT2D eigenvalue weighted by atomic mass is 16.3. The third kappa shape index (κ3) is 5.76. The number of phenolic OH excluding ortho intramolecular Hbond substituents is 1. The Morgan fingerprint density at radius 2 is 1.72 bits per heavy atom. The van der Waals surface area contributed by atoms with Crippen molar-refractivity contribution in [2.24, 2.45) is 0 Å². The number of hydrogen-bond acceptors (Lipinski definition) is 4. The van der Waals surface area contributed by atoms with Crippen molar-refractivity contribution < 1.29 is 14.7 Å². The molecule has 0 saturated heterocycles. The number of rotatable bonds is 8. The van der Waals surface area contributed by atoms with Crippen LogP contribution >= 0.6 is 0 Å². The number of benzene rings is 2. The van der Waals surface area contributed by atoms with Crippen LogP contribution in [0.25, 0.3) is 10.8 Å². The lowest BCUT2D eigenvalue weighted by Gasteiger charge is -2.13. The molecule has 0 aromatic heterocycles. The van der Waals surface area contributed by atoms with Crippen molar-refractivity contribution in [3.8, 4) is 5.75 Å². The van der Waals surface area contributed by atoms with Crippen LogP contribution in [-0.2, 0) is 0 Å². The van der Waals surface area contributed by atoms with Gasteiger partial charge in [-0.2, -0.15) is 0 Å². The molecule has 0 aliphatic carbocycles. The summed E-state index contributed by atoms with van der Waals surface area (Å²) < 4.78 is 0. The molecule has 2 aromatic rings. The van der Waals surface area contributed by atoms with E-state index in [1.165, 1.54) is 6.07 Å². The van der Waals surface area contributed by atoms with Crippen LogP contribution in [0.5, 0.6) is 5.75 Å². The number of nitrogens with one attached hydrogen (secondary N) is 2. The average molecular weight is 432 g/mol. The molecule has 5 N–H and O–H groups in total. The Labute approximate surface area is 188 Å². The predicted molar refractivity (Wildman–Crippen MR) is 131 cm³/mol. The number of aromatic hydroxyl groups is 1. The maximum absolute atomic E-state index is 12.8. The van der Waals surface area contributed by atoms with Gasteiger partial charge in [0, 0.05) is 22.3 Å². The number of allylic oxidation sites excluding steroid dienone is 7. The fourth-order valence-electron chi connectivity index (χ4n) is 3.15. The number of amides is 2. The number of anilines is 1. The second-order valence-corrected chi connectivity index (χ2v) is 6.96. The summed E-state index contributed by atoms with van der Waals surface area (Å²) in [5.74, 6) is -1.11. The fourth-order valence-corrected chi connectivity index (χ4v) is 3.15. The van der Waals surface area contributed by atoms with E-state index in [9.17, 15) is 14.7 Å². The summed E-state index contributed by atoms with van der Waals surface area (Å²) in [6.07, 6.45) is 13.0. The molecular weight excluding hydrogens is 402 g/mol. The van der Waals surface area contributed by atoms with Gasteiger partial charge < -0.3 is 21.5 Å². The Kier molecular flexibility index (Phi) is 8.60. The van der Waals surface area contributed by atoms with Crippen LogP contribution in [0.15, 0.2) is 84.8 Å². The first-order chi connectivity index (χ1) is 15.4. The highest BCUT2D eigenvalue weighted by Gasteiger charge is 2.18. The molecule has 0 atom stereocenters. The van der Waals surface area contributed by atoms with Gasteiger partial charge >= 0.3 is 0 Å². The SMILES string of the molecule is C=C/C=C(\C=C/C)NC(=O)c1ccc2c(N)c(O)c(C(=O)NC(/C=C\C)=C/CC)cc2c1. The van der Waals surface area contributed by atoms with E-state index in [-0.39, 0.29) is 22.9 Å². The van der Waals surface area contributed by atoms with Crippen molar-refractivity contribution in [2.45, 2.75) is 27.2 Å². The molecule has 0 aliphatic rings. The number of nitrogen functional groups attached to an aromatic ring is 1. The smallest absolute Gasteiger partial charge is 0.259 e. The third-order valence-electron chi connectivity index (χ3n) is 4.59. The van der Waals surface area contributed by atoms with Crippen LogP contribution in [0.4, 0.5) is 5.69 Å². The number of nitrogens with two attached hydrogens (primary N) is 1. The lowest BCUT2D eigenvalue weighted by atomic mass is 10.0. The number of carbonyl (C=O) groups is 2. The predicted octanol–water partition coefficient (Wildman–Crippen LogP) is 5.10. The van der Waals surface area contributed by atoms with Crippen molar-refractivity contribution in [2.75, 3.05) is 5.73 Å². The van der Waals surface area contributed by atoms with Gasteiger partial charge in [0.25, 0.3) is 11.8 Å². The summed E-state index contributed by atoms with van der Waals surface area (Å²) in [7, 11) is 0. The largest absolute Gasteiger partial charge is 0.505 e. The highest BCUT2D eigenvalue weighted by molar-refractivity contribution is 6.09. The van der Waals surface area contributed by atoms with Gasteiger partial charge in [0.15, 0.2) is 5.75 Å². The molecule has 6 nitrogen and oxygen atoms in total. The summed E-state index contributed by atoms with van der Waals surface area (Å²) in [5.41, 5.74) is 7.81. The van der Waals surface area contributed by atoms with Gasteiger partial charge in [0.05, 0.1) is 11.3 Å². The van der Waals surface area contributed by atoms with Crippen molar-refractivity contribution in [3.05, 3.63) is 95.9 Å². The summed E-state index contributed by atoms with van der Waals surface area (Å²) >= 11 is 0. The minimum atomic E-state index is -0.493. The number of phenols is 1. The van der Waals surface area contributed by atoms with Gasteiger partial charge in [0.2, 0.25) is 0 Å². The number of carbonyl (C=O) groups excluding carboxylic acids is 2. The zero-order valence-electron chi connectivity index (χ0n) is 18.6. The van der Waals surface area contributed by atoms with Gasteiger partial charge in [0.1, 0.15) is 0 Å². The molecule has 32 heavy (non-hydrogen) atoms. The molecule has 0 spiro atoms. The molecule has 0 saturated carbocycles. The van der Waals surface area contributed by atoms with Crippen LogP contribution in [0.2, 0.25) is 0 Å². The lowest BCUT2D eigenvalue weighted by Crippen LogP contribution is -2.22. The molecule has 0 unspecified atom stereocenters. The molecule has 2 rings (SSSR count). The molecule has 2 aromatic carbocycles.